The first-order valence-electron chi connectivity index (χ1n) is 6.54. The molecule has 1 heterocycles. The maximum atomic E-state index is 11.7. The van der Waals surface area contributed by atoms with E-state index in [-0.39, 0.29) is 5.97 Å². The fourth-order valence-corrected chi connectivity index (χ4v) is 3.18. The highest BCUT2D eigenvalue weighted by Crippen LogP contribution is 2.37. The van der Waals surface area contributed by atoms with Crippen LogP contribution in [0.1, 0.15) is 33.7 Å². The summed E-state index contributed by atoms with van der Waals surface area (Å²) in [5, 5.41) is 0. The minimum Gasteiger partial charge on any atom is -0.464 e. The number of rotatable bonds is 2. The van der Waals surface area contributed by atoms with Crippen LogP contribution in [0.4, 0.5) is 0 Å². The third-order valence-electron chi connectivity index (χ3n) is 3.62. The molecule has 102 valence electrons. The average molecular weight is 285 g/mol. The van der Waals surface area contributed by atoms with E-state index in [0.717, 1.165) is 18.5 Å². The Kier molecular flexibility index (Phi) is 3.45. The fraction of sp³-hybridized carbons (Fsp3) is 0.188. The molecule has 20 heavy (non-hydrogen) atoms. The van der Waals surface area contributed by atoms with E-state index >= 15 is 0 Å². The summed E-state index contributed by atoms with van der Waals surface area (Å²) in [5.41, 5.74) is 5.36. The van der Waals surface area contributed by atoms with E-state index in [4.69, 9.17) is 4.74 Å². The van der Waals surface area contributed by atoms with E-state index in [2.05, 4.69) is 27.6 Å². The first-order chi connectivity index (χ1) is 9.70. The van der Waals surface area contributed by atoms with Gasteiger partial charge in [0, 0.05) is 0 Å². The Bertz CT molecular complexity index is 686. The first-order valence-corrected chi connectivity index (χ1v) is 7.06. The maximum absolute atomic E-state index is 11.7. The summed E-state index contributed by atoms with van der Waals surface area (Å²) in [6.07, 6.45) is 4.17. The number of fused-ring (bicyclic) bond motifs is 1. The predicted octanol–water partition coefficient (Wildman–Crippen LogP) is 3.40. The lowest BCUT2D eigenvalue weighted by molar-refractivity contribution is 0.0593. The molecule has 3 rings (SSSR count). The second-order valence-electron chi connectivity index (χ2n) is 4.85. The van der Waals surface area contributed by atoms with Crippen LogP contribution in [0.3, 0.4) is 0 Å². The van der Waals surface area contributed by atoms with Gasteiger partial charge in [-0.05, 0) is 51.1 Å². The lowest BCUT2D eigenvalue weighted by atomic mass is 10.1. The van der Waals surface area contributed by atoms with Gasteiger partial charge >= 0.3 is 5.97 Å². The molecule has 0 fully saturated rings. The third kappa shape index (κ3) is 2.19. The normalized spacial score (nSPS) is 15.4. The van der Waals surface area contributed by atoms with Crippen molar-refractivity contribution in [3.63, 3.8) is 0 Å². The highest BCUT2D eigenvalue weighted by atomic mass is 31.0. The molecule has 2 aromatic rings. The molecule has 4 heteroatoms. The van der Waals surface area contributed by atoms with Crippen molar-refractivity contribution in [3.8, 4) is 0 Å². The molecule has 0 saturated carbocycles. The molecule has 0 bridgehead atoms. The molecule has 0 spiro atoms. The summed E-state index contributed by atoms with van der Waals surface area (Å²) in [6, 6.07) is 12.2. The fourth-order valence-electron chi connectivity index (χ4n) is 2.67. The number of aryl methyl sites for hydroxylation is 1. The third-order valence-corrected chi connectivity index (χ3v) is 4.15. The zero-order chi connectivity index (χ0) is 14.1. The van der Waals surface area contributed by atoms with E-state index in [0.29, 0.717) is 5.69 Å². The topological polar surface area (TPSA) is 31.2 Å². The molecule has 1 aromatic heterocycles. The van der Waals surface area contributed by atoms with Crippen LogP contribution in [-0.2, 0) is 11.2 Å². The van der Waals surface area contributed by atoms with Gasteiger partial charge in [0.15, 0.2) is 0 Å². The van der Waals surface area contributed by atoms with E-state index in [9.17, 15) is 4.79 Å². The van der Waals surface area contributed by atoms with Crippen molar-refractivity contribution in [1.82, 2.24) is 4.34 Å². The van der Waals surface area contributed by atoms with Crippen LogP contribution in [0.2, 0.25) is 0 Å². The highest BCUT2D eigenvalue weighted by Gasteiger charge is 2.25. The Morgan fingerprint density at radius 3 is 2.75 bits per heavy atom. The summed E-state index contributed by atoms with van der Waals surface area (Å²) in [5.74, 6) is -0.298. The molecule has 3 nitrogen and oxygen atoms in total. The van der Waals surface area contributed by atoms with Crippen LogP contribution >= 0.6 is 9.39 Å². The molecule has 0 aliphatic heterocycles. The Labute approximate surface area is 120 Å². The molecule has 0 N–H and O–H groups in total. The second kappa shape index (κ2) is 5.26. The van der Waals surface area contributed by atoms with E-state index in [1.807, 2.05) is 28.6 Å². The summed E-state index contributed by atoms with van der Waals surface area (Å²) >= 11 is 0. The summed E-state index contributed by atoms with van der Waals surface area (Å²) in [4.78, 5) is 11.7. The molecular weight excluding hydrogens is 269 g/mol. The van der Waals surface area contributed by atoms with Gasteiger partial charge in [-0.1, -0.05) is 30.3 Å². The van der Waals surface area contributed by atoms with Crippen molar-refractivity contribution in [1.29, 1.82) is 0 Å². The van der Waals surface area contributed by atoms with Crippen LogP contribution in [-0.4, -0.2) is 17.4 Å². The number of methoxy groups -OCH3 is 1. The van der Waals surface area contributed by atoms with E-state index in [1.54, 1.807) is 0 Å². The first kappa shape index (κ1) is 13.1. The number of esters is 1. The van der Waals surface area contributed by atoms with Gasteiger partial charge in [0.2, 0.25) is 0 Å². The van der Waals surface area contributed by atoms with Crippen LogP contribution in [0, 0.1) is 0 Å². The van der Waals surface area contributed by atoms with Gasteiger partial charge in [0.25, 0.3) is 0 Å². The number of ether oxygens (including phenoxy) is 1. The molecular formula is C16H16NO2P. The van der Waals surface area contributed by atoms with Crippen molar-refractivity contribution in [3.05, 3.63) is 58.9 Å². The second-order valence-corrected chi connectivity index (χ2v) is 5.36. The zero-order valence-electron chi connectivity index (χ0n) is 11.3. The smallest absolute Gasteiger partial charge is 0.354 e. The molecule has 1 aromatic carbocycles. The van der Waals surface area contributed by atoms with Crippen molar-refractivity contribution in [2.75, 3.05) is 7.11 Å². The van der Waals surface area contributed by atoms with Gasteiger partial charge in [0.05, 0.1) is 12.8 Å². The standard InChI is InChI=1S/C16H16NO2P/c1-19-16(18)14-10-13-8-7-12(15(13)17(14)20)9-11-5-3-2-4-6-11/h2-6,9-10H,7-8,20H2,1H3/b12-9+. The molecule has 0 radical (unpaired) electrons. The minimum absolute atomic E-state index is 0.298. The van der Waals surface area contributed by atoms with Crippen LogP contribution in [0.15, 0.2) is 36.4 Å². The molecule has 0 saturated heterocycles. The Balaban J connectivity index is 2.04. The predicted molar refractivity (Wildman–Crippen MR) is 83.5 cm³/mol. The van der Waals surface area contributed by atoms with Crippen molar-refractivity contribution in [2.45, 2.75) is 12.8 Å². The molecule has 1 unspecified atom stereocenters. The van der Waals surface area contributed by atoms with Crippen LogP contribution in [0.25, 0.3) is 11.6 Å². The van der Waals surface area contributed by atoms with Gasteiger partial charge in [-0.3, -0.25) is 0 Å². The Morgan fingerprint density at radius 2 is 2.05 bits per heavy atom. The van der Waals surface area contributed by atoms with Crippen molar-refractivity contribution < 1.29 is 9.53 Å². The van der Waals surface area contributed by atoms with E-state index < -0.39 is 0 Å². The maximum Gasteiger partial charge on any atom is 0.354 e. The lowest BCUT2D eigenvalue weighted by Crippen LogP contribution is -2.05. The quantitative estimate of drug-likeness (QED) is 0.625. The van der Waals surface area contributed by atoms with Crippen molar-refractivity contribution >= 4 is 27.0 Å². The number of hydrogen-bond donors (Lipinski definition) is 0. The van der Waals surface area contributed by atoms with E-state index in [1.165, 1.54) is 23.8 Å². The lowest BCUT2D eigenvalue weighted by Gasteiger charge is -2.07. The highest BCUT2D eigenvalue weighted by molar-refractivity contribution is 7.14. The summed E-state index contributed by atoms with van der Waals surface area (Å²) in [7, 11) is 4.02. The molecule has 1 aliphatic rings. The van der Waals surface area contributed by atoms with Gasteiger partial charge in [-0.15, -0.1) is 0 Å². The average Bonchev–Trinajstić information content (AvgIpc) is 3.01. The number of hydrogen-bond acceptors (Lipinski definition) is 2. The minimum atomic E-state index is -0.298. The Hall–Kier alpha value is -1.86. The van der Waals surface area contributed by atoms with Crippen molar-refractivity contribution in [2.24, 2.45) is 0 Å². The van der Waals surface area contributed by atoms with Crippen LogP contribution in [0.5, 0.6) is 0 Å². The Morgan fingerprint density at radius 1 is 1.30 bits per heavy atom. The number of aromatic nitrogens is 1. The number of carbonyl (C=O) groups is 1. The number of nitrogens with zero attached hydrogens (tertiary/aromatic N) is 1. The van der Waals surface area contributed by atoms with Gasteiger partial charge in [0.1, 0.15) is 5.69 Å². The summed E-state index contributed by atoms with van der Waals surface area (Å²) < 4.78 is 6.68. The monoisotopic (exact) mass is 285 g/mol. The number of benzene rings is 1. The molecule has 1 aliphatic carbocycles. The van der Waals surface area contributed by atoms with Crippen LogP contribution < -0.4 is 0 Å². The SMILES string of the molecule is COC(=O)c1cc2c(n1P)/C(=C/c1ccccc1)CC2. The molecule has 1 atom stereocenters. The number of carbonyl (C=O) groups excluding carboxylic acids is 1. The molecule has 0 amide bonds. The largest absolute Gasteiger partial charge is 0.464 e. The van der Waals surface area contributed by atoms with Gasteiger partial charge < -0.3 is 9.07 Å². The van der Waals surface area contributed by atoms with Gasteiger partial charge in [-0.25, -0.2) is 4.79 Å². The zero-order valence-corrected chi connectivity index (χ0v) is 12.5. The number of allylic oxidation sites excluding steroid dienone is 1. The summed E-state index contributed by atoms with van der Waals surface area (Å²) in [6.45, 7) is 0. The van der Waals surface area contributed by atoms with Gasteiger partial charge in [-0.2, -0.15) is 0 Å².